The molecule has 6 heteroatoms. The molecule has 0 radical (unpaired) electrons. The van der Waals surface area contributed by atoms with Crippen molar-refractivity contribution in [1.82, 2.24) is 10.6 Å². The highest BCUT2D eigenvalue weighted by molar-refractivity contribution is 7.80. The molecule has 1 unspecified atom stereocenters. The summed E-state index contributed by atoms with van der Waals surface area (Å²) in [6.45, 7) is 2.53. The molecule has 20 heavy (non-hydrogen) atoms. The third-order valence-corrected chi connectivity index (χ3v) is 3.13. The van der Waals surface area contributed by atoms with E-state index in [0.29, 0.717) is 11.7 Å². The van der Waals surface area contributed by atoms with E-state index >= 15 is 0 Å². The molecule has 0 aliphatic heterocycles. The van der Waals surface area contributed by atoms with Crippen molar-refractivity contribution in [3.63, 3.8) is 0 Å². The summed E-state index contributed by atoms with van der Waals surface area (Å²) >= 11 is 5.25. The van der Waals surface area contributed by atoms with E-state index in [0.717, 1.165) is 11.3 Å². The first-order valence-corrected chi connectivity index (χ1v) is 6.75. The Morgan fingerprint density at radius 2 is 1.85 bits per heavy atom. The van der Waals surface area contributed by atoms with E-state index in [1.165, 1.54) is 0 Å². The Bertz CT molecular complexity index is 425. The lowest BCUT2D eigenvalue weighted by atomic mass is 10.2. The fraction of sp³-hybridized carbons (Fsp3) is 0.500. The number of hydrogen-bond donors (Lipinski definition) is 2. The lowest BCUT2D eigenvalue weighted by Gasteiger charge is -2.23. The first-order valence-electron chi connectivity index (χ1n) is 6.34. The highest BCUT2D eigenvalue weighted by atomic mass is 32.1. The zero-order valence-electron chi connectivity index (χ0n) is 12.3. The van der Waals surface area contributed by atoms with Gasteiger partial charge in [-0.15, -0.1) is 0 Å². The van der Waals surface area contributed by atoms with E-state index in [1.807, 2.05) is 31.2 Å². The van der Waals surface area contributed by atoms with Gasteiger partial charge in [-0.2, -0.15) is 0 Å². The van der Waals surface area contributed by atoms with Gasteiger partial charge in [0.1, 0.15) is 5.75 Å². The zero-order valence-corrected chi connectivity index (χ0v) is 13.1. The topological polar surface area (TPSA) is 51.8 Å². The van der Waals surface area contributed by atoms with Gasteiger partial charge in [0.25, 0.3) is 0 Å². The Balaban J connectivity index is 2.47. The molecule has 0 bridgehead atoms. The number of para-hydroxylation sites is 1. The average Bonchev–Trinajstić information content (AvgIpc) is 2.46. The summed E-state index contributed by atoms with van der Waals surface area (Å²) in [4.78, 5) is 0. The molecule has 0 aliphatic rings. The Morgan fingerprint density at radius 3 is 2.45 bits per heavy atom. The predicted octanol–water partition coefficient (Wildman–Crippen LogP) is 1.67. The lowest BCUT2D eigenvalue weighted by molar-refractivity contribution is -0.116. The van der Waals surface area contributed by atoms with Gasteiger partial charge in [-0.3, -0.25) is 0 Å². The maximum Gasteiger partial charge on any atom is 0.176 e. The van der Waals surface area contributed by atoms with E-state index < -0.39 is 0 Å². The van der Waals surface area contributed by atoms with E-state index in [2.05, 4.69) is 10.6 Å². The van der Waals surface area contributed by atoms with Crippen LogP contribution in [0.2, 0.25) is 0 Å². The largest absolute Gasteiger partial charge is 0.496 e. The minimum atomic E-state index is -0.346. The van der Waals surface area contributed by atoms with Gasteiger partial charge in [-0.25, -0.2) is 0 Å². The predicted molar refractivity (Wildman–Crippen MR) is 82.8 cm³/mol. The summed E-state index contributed by atoms with van der Waals surface area (Å²) in [5.41, 5.74) is 1.04. The van der Waals surface area contributed by atoms with Crippen LogP contribution in [0, 0.1) is 0 Å². The highest BCUT2D eigenvalue weighted by Crippen LogP contribution is 2.16. The van der Waals surface area contributed by atoms with Crippen LogP contribution in [0.5, 0.6) is 5.75 Å². The van der Waals surface area contributed by atoms with Crippen molar-refractivity contribution in [2.75, 3.05) is 21.3 Å². The summed E-state index contributed by atoms with van der Waals surface area (Å²) in [5.74, 6) is 0.836. The van der Waals surface area contributed by atoms with Crippen molar-refractivity contribution in [2.45, 2.75) is 25.8 Å². The number of thiocarbonyl (C=S) groups is 1. The molecular formula is C14H22N2O3S. The number of hydrogen-bond acceptors (Lipinski definition) is 4. The van der Waals surface area contributed by atoms with Gasteiger partial charge in [0.2, 0.25) is 0 Å². The number of nitrogens with one attached hydrogen (secondary N) is 2. The fourth-order valence-corrected chi connectivity index (χ4v) is 2.11. The molecule has 0 aliphatic carbocycles. The van der Waals surface area contributed by atoms with Crippen LogP contribution in [-0.2, 0) is 16.0 Å². The molecule has 0 saturated heterocycles. The van der Waals surface area contributed by atoms with Crippen molar-refractivity contribution in [1.29, 1.82) is 0 Å². The van der Waals surface area contributed by atoms with Crippen LogP contribution in [0.25, 0.3) is 0 Å². The van der Waals surface area contributed by atoms with Crippen LogP contribution < -0.4 is 15.4 Å². The third kappa shape index (κ3) is 4.96. The number of rotatable bonds is 7. The Kier molecular flexibility index (Phi) is 7.28. The smallest absolute Gasteiger partial charge is 0.176 e. The Morgan fingerprint density at radius 1 is 1.20 bits per heavy atom. The Hall–Kier alpha value is -1.37. The van der Waals surface area contributed by atoms with Gasteiger partial charge >= 0.3 is 0 Å². The number of benzene rings is 1. The van der Waals surface area contributed by atoms with Crippen molar-refractivity contribution >= 4 is 17.3 Å². The molecule has 1 atom stereocenters. The molecule has 0 fully saturated rings. The second-order valence-corrected chi connectivity index (χ2v) is 4.68. The maximum absolute atomic E-state index is 5.29. The van der Waals surface area contributed by atoms with Crippen molar-refractivity contribution < 1.29 is 14.2 Å². The zero-order chi connectivity index (χ0) is 15.0. The normalized spacial score (nSPS) is 12.1. The van der Waals surface area contributed by atoms with Gasteiger partial charge in [0, 0.05) is 26.3 Å². The molecule has 112 valence electrons. The van der Waals surface area contributed by atoms with E-state index in [1.54, 1.807) is 21.3 Å². The second-order valence-electron chi connectivity index (χ2n) is 4.27. The molecule has 0 saturated carbocycles. The fourth-order valence-electron chi connectivity index (χ4n) is 1.85. The first-order chi connectivity index (χ1) is 9.62. The van der Waals surface area contributed by atoms with Crippen LogP contribution in [0.1, 0.15) is 12.5 Å². The third-order valence-electron chi connectivity index (χ3n) is 2.86. The van der Waals surface area contributed by atoms with Crippen LogP contribution in [0.15, 0.2) is 24.3 Å². The molecule has 0 spiro atoms. The van der Waals surface area contributed by atoms with E-state index in [4.69, 9.17) is 26.4 Å². The number of ether oxygens (including phenoxy) is 3. The summed E-state index contributed by atoms with van der Waals surface area (Å²) in [6.07, 6.45) is -0.346. The standard InChI is InChI=1S/C14H22N2O3S/c1-10(13(18-3)19-4)16-14(20)15-9-11-7-5-6-8-12(11)17-2/h5-8,10,13H,9H2,1-4H3,(H2,15,16,20). The van der Waals surface area contributed by atoms with Crippen LogP contribution in [0.3, 0.4) is 0 Å². The molecule has 5 nitrogen and oxygen atoms in total. The lowest BCUT2D eigenvalue weighted by Crippen LogP contribution is -2.46. The van der Waals surface area contributed by atoms with Gasteiger partial charge in [-0.05, 0) is 25.2 Å². The minimum absolute atomic E-state index is 0.0531. The quantitative estimate of drug-likeness (QED) is 0.590. The molecule has 1 rings (SSSR count). The molecular weight excluding hydrogens is 276 g/mol. The van der Waals surface area contributed by atoms with Gasteiger partial charge in [0.05, 0.1) is 13.2 Å². The Labute approximate surface area is 125 Å². The summed E-state index contributed by atoms with van der Waals surface area (Å²) < 4.78 is 15.6. The van der Waals surface area contributed by atoms with Gasteiger partial charge in [-0.1, -0.05) is 18.2 Å². The second kappa shape index (κ2) is 8.73. The van der Waals surface area contributed by atoms with Crippen molar-refractivity contribution in [3.8, 4) is 5.75 Å². The van der Waals surface area contributed by atoms with Gasteiger partial charge < -0.3 is 24.8 Å². The van der Waals surface area contributed by atoms with Crippen LogP contribution in [0.4, 0.5) is 0 Å². The minimum Gasteiger partial charge on any atom is -0.496 e. The molecule has 1 aromatic rings. The number of methoxy groups -OCH3 is 3. The van der Waals surface area contributed by atoms with Gasteiger partial charge in [0.15, 0.2) is 11.4 Å². The summed E-state index contributed by atoms with van der Waals surface area (Å²) in [5, 5.41) is 6.80. The summed E-state index contributed by atoms with van der Waals surface area (Å²) in [6, 6.07) is 7.75. The van der Waals surface area contributed by atoms with Crippen LogP contribution in [-0.4, -0.2) is 38.8 Å². The molecule has 2 N–H and O–H groups in total. The SMILES string of the molecule is COc1ccccc1CNC(=S)NC(C)C(OC)OC. The molecule has 0 heterocycles. The summed E-state index contributed by atoms with van der Waals surface area (Å²) in [7, 11) is 4.84. The average molecular weight is 298 g/mol. The highest BCUT2D eigenvalue weighted by Gasteiger charge is 2.16. The van der Waals surface area contributed by atoms with E-state index in [-0.39, 0.29) is 12.3 Å². The van der Waals surface area contributed by atoms with Crippen LogP contribution >= 0.6 is 12.2 Å². The monoisotopic (exact) mass is 298 g/mol. The maximum atomic E-state index is 5.29. The first kappa shape index (κ1) is 16.7. The molecule has 0 aromatic heterocycles. The molecule has 1 aromatic carbocycles. The van der Waals surface area contributed by atoms with Crippen molar-refractivity contribution in [3.05, 3.63) is 29.8 Å². The van der Waals surface area contributed by atoms with E-state index in [9.17, 15) is 0 Å². The van der Waals surface area contributed by atoms with Crippen molar-refractivity contribution in [2.24, 2.45) is 0 Å². The molecule has 0 amide bonds.